The zero-order valence-electron chi connectivity index (χ0n) is 11.2. The van der Waals surface area contributed by atoms with E-state index in [2.05, 4.69) is 0 Å². The number of aromatic carboxylic acids is 1. The fourth-order valence-electron chi connectivity index (χ4n) is 1.77. The summed E-state index contributed by atoms with van der Waals surface area (Å²) >= 11 is 0. The van der Waals surface area contributed by atoms with E-state index in [1.165, 1.54) is 19.2 Å². The first-order chi connectivity index (χ1) is 10.0. The van der Waals surface area contributed by atoms with Crippen LogP contribution in [-0.2, 0) is 16.6 Å². The Morgan fingerprint density at radius 2 is 1.90 bits per heavy atom. The predicted molar refractivity (Wildman–Crippen MR) is 76.5 cm³/mol. The average molecular weight is 308 g/mol. The lowest BCUT2D eigenvalue weighted by Crippen LogP contribution is -2.03. The molecule has 0 saturated heterocycles. The zero-order valence-corrected chi connectivity index (χ0v) is 12.0. The number of carboxylic acids is 1. The molecule has 2 aromatic carbocycles. The van der Waals surface area contributed by atoms with Crippen molar-refractivity contribution < 1.29 is 23.2 Å². The van der Waals surface area contributed by atoms with Gasteiger partial charge in [0, 0.05) is 10.5 Å². The van der Waals surface area contributed by atoms with E-state index >= 15 is 0 Å². The number of benzene rings is 2. The molecule has 0 aromatic heterocycles. The molecule has 0 spiro atoms. The van der Waals surface area contributed by atoms with Crippen molar-refractivity contribution in [3.05, 3.63) is 59.4 Å². The van der Waals surface area contributed by atoms with E-state index in [1.54, 1.807) is 24.3 Å². The van der Waals surface area contributed by atoms with Gasteiger partial charge in [-0.2, -0.15) is 0 Å². The summed E-state index contributed by atoms with van der Waals surface area (Å²) in [7, 11) is 0.0616. The summed E-state index contributed by atoms with van der Waals surface area (Å²) in [6.07, 6.45) is 0. The van der Waals surface area contributed by atoms with Gasteiger partial charge in [-0.25, -0.2) is 9.18 Å². The van der Waals surface area contributed by atoms with Crippen LogP contribution < -0.4 is 4.74 Å². The second kappa shape index (κ2) is 6.49. The molecule has 0 heterocycles. The monoisotopic (exact) mass is 308 g/mol. The first-order valence-electron chi connectivity index (χ1n) is 6.05. The van der Waals surface area contributed by atoms with Gasteiger partial charge < -0.3 is 9.84 Å². The lowest BCUT2D eigenvalue weighted by Gasteiger charge is -2.06. The molecular weight excluding hydrogens is 295 g/mol. The van der Waals surface area contributed by atoms with Crippen LogP contribution in [0.15, 0.2) is 47.4 Å². The molecule has 0 amide bonds. The Morgan fingerprint density at radius 3 is 2.48 bits per heavy atom. The SMILES string of the molecule is COc1ccc(S(=O)Cc2cc(C(=O)O)ccc2F)cc1. The minimum atomic E-state index is -1.46. The molecule has 1 atom stereocenters. The Kier molecular flexibility index (Phi) is 4.70. The smallest absolute Gasteiger partial charge is 0.335 e. The zero-order chi connectivity index (χ0) is 15.4. The van der Waals surface area contributed by atoms with Gasteiger partial charge in [0.2, 0.25) is 0 Å². The number of halogens is 1. The van der Waals surface area contributed by atoms with Gasteiger partial charge in [0.25, 0.3) is 0 Å². The highest BCUT2D eigenvalue weighted by molar-refractivity contribution is 7.84. The van der Waals surface area contributed by atoms with Gasteiger partial charge in [0.1, 0.15) is 11.6 Å². The van der Waals surface area contributed by atoms with Crippen molar-refractivity contribution in [2.45, 2.75) is 10.6 Å². The number of carbonyl (C=O) groups is 1. The fraction of sp³-hybridized carbons (Fsp3) is 0.133. The molecule has 110 valence electrons. The molecular formula is C15H13FO4S. The van der Waals surface area contributed by atoms with E-state index in [0.29, 0.717) is 10.6 Å². The average Bonchev–Trinajstić information content (AvgIpc) is 2.49. The van der Waals surface area contributed by atoms with Crippen molar-refractivity contribution in [3.63, 3.8) is 0 Å². The quantitative estimate of drug-likeness (QED) is 0.922. The molecule has 2 aromatic rings. The van der Waals surface area contributed by atoms with Crippen molar-refractivity contribution in [2.75, 3.05) is 7.11 Å². The van der Waals surface area contributed by atoms with Gasteiger partial charge in [0.15, 0.2) is 0 Å². The molecule has 0 fully saturated rings. The number of hydrogen-bond donors (Lipinski definition) is 1. The molecule has 21 heavy (non-hydrogen) atoms. The largest absolute Gasteiger partial charge is 0.497 e. The van der Waals surface area contributed by atoms with Crippen molar-refractivity contribution in [1.82, 2.24) is 0 Å². The van der Waals surface area contributed by atoms with E-state index in [9.17, 15) is 13.4 Å². The number of hydrogen-bond acceptors (Lipinski definition) is 3. The molecule has 0 aliphatic rings. The Hall–Kier alpha value is -2.21. The molecule has 4 nitrogen and oxygen atoms in total. The van der Waals surface area contributed by atoms with Crippen LogP contribution in [0.25, 0.3) is 0 Å². The number of rotatable bonds is 5. The fourth-order valence-corrected chi connectivity index (χ4v) is 2.88. The van der Waals surface area contributed by atoms with Crippen LogP contribution in [-0.4, -0.2) is 22.4 Å². The maximum absolute atomic E-state index is 13.7. The second-order valence-electron chi connectivity index (χ2n) is 4.28. The maximum Gasteiger partial charge on any atom is 0.335 e. The van der Waals surface area contributed by atoms with E-state index in [4.69, 9.17) is 9.84 Å². The molecule has 0 bridgehead atoms. The Bertz CT molecular complexity index is 683. The highest BCUT2D eigenvalue weighted by atomic mass is 32.2. The summed E-state index contributed by atoms with van der Waals surface area (Å²) in [5.41, 5.74) is 0.0854. The molecule has 1 unspecified atom stereocenters. The molecule has 0 radical (unpaired) electrons. The lowest BCUT2D eigenvalue weighted by molar-refractivity contribution is 0.0696. The third kappa shape index (κ3) is 3.66. The van der Waals surface area contributed by atoms with Crippen molar-refractivity contribution in [1.29, 1.82) is 0 Å². The van der Waals surface area contributed by atoms with Gasteiger partial charge in [-0.05, 0) is 42.5 Å². The third-order valence-corrected chi connectivity index (χ3v) is 4.27. The summed E-state index contributed by atoms with van der Waals surface area (Å²) in [5.74, 6) is -1.16. The molecule has 6 heteroatoms. The minimum absolute atomic E-state index is 0.0295. The molecule has 0 aliphatic heterocycles. The Morgan fingerprint density at radius 1 is 1.24 bits per heavy atom. The molecule has 2 rings (SSSR count). The van der Waals surface area contributed by atoms with Crippen LogP contribution >= 0.6 is 0 Å². The van der Waals surface area contributed by atoms with Crippen LogP contribution in [0.3, 0.4) is 0 Å². The van der Waals surface area contributed by atoms with Gasteiger partial charge in [-0.15, -0.1) is 0 Å². The third-order valence-electron chi connectivity index (χ3n) is 2.90. The highest BCUT2D eigenvalue weighted by Gasteiger charge is 2.12. The summed E-state index contributed by atoms with van der Waals surface area (Å²) in [5, 5.41) is 8.90. The normalized spacial score (nSPS) is 11.9. The number of ether oxygens (including phenoxy) is 1. The first kappa shape index (κ1) is 15.2. The van der Waals surface area contributed by atoms with Gasteiger partial charge in [-0.1, -0.05) is 0 Å². The minimum Gasteiger partial charge on any atom is -0.497 e. The summed E-state index contributed by atoms with van der Waals surface area (Å²) in [4.78, 5) is 11.4. The van der Waals surface area contributed by atoms with E-state index in [1.807, 2.05) is 0 Å². The summed E-state index contributed by atoms with van der Waals surface area (Å²) in [6.45, 7) is 0. The van der Waals surface area contributed by atoms with Gasteiger partial charge in [0.05, 0.1) is 29.2 Å². The Balaban J connectivity index is 2.22. The molecule has 0 saturated carbocycles. The summed E-state index contributed by atoms with van der Waals surface area (Å²) in [6, 6.07) is 10.1. The van der Waals surface area contributed by atoms with Crippen LogP contribution in [0.5, 0.6) is 5.75 Å². The highest BCUT2D eigenvalue weighted by Crippen LogP contribution is 2.19. The van der Waals surface area contributed by atoms with E-state index in [-0.39, 0.29) is 16.9 Å². The molecule has 1 N–H and O–H groups in total. The van der Waals surface area contributed by atoms with Crippen LogP contribution in [0.4, 0.5) is 4.39 Å². The topological polar surface area (TPSA) is 63.6 Å². The van der Waals surface area contributed by atoms with Crippen molar-refractivity contribution in [2.24, 2.45) is 0 Å². The van der Waals surface area contributed by atoms with Crippen LogP contribution in [0.1, 0.15) is 15.9 Å². The van der Waals surface area contributed by atoms with E-state index < -0.39 is 22.6 Å². The summed E-state index contributed by atoms with van der Waals surface area (Å²) < 4.78 is 30.9. The number of methoxy groups -OCH3 is 1. The Labute approximate surface area is 123 Å². The second-order valence-corrected chi connectivity index (χ2v) is 5.73. The lowest BCUT2D eigenvalue weighted by atomic mass is 10.1. The first-order valence-corrected chi connectivity index (χ1v) is 7.37. The van der Waals surface area contributed by atoms with Crippen LogP contribution in [0, 0.1) is 5.82 Å². The van der Waals surface area contributed by atoms with Crippen molar-refractivity contribution in [3.8, 4) is 5.75 Å². The van der Waals surface area contributed by atoms with Gasteiger partial charge in [-0.3, -0.25) is 4.21 Å². The van der Waals surface area contributed by atoms with Crippen LogP contribution in [0.2, 0.25) is 0 Å². The van der Waals surface area contributed by atoms with E-state index in [0.717, 1.165) is 6.07 Å². The van der Waals surface area contributed by atoms with Gasteiger partial charge >= 0.3 is 5.97 Å². The van der Waals surface area contributed by atoms with Crippen molar-refractivity contribution >= 4 is 16.8 Å². The standard InChI is InChI=1S/C15H13FO4S/c1-20-12-3-5-13(6-4-12)21(19)9-11-8-10(15(17)18)2-7-14(11)16/h2-8H,9H2,1H3,(H,17,18). The maximum atomic E-state index is 13.7. The predicted octanol–water partition coefficient (Wildman–Crippen LogP) is 2.84. The molecule has 0 aliphatic carbocycles. The number of carboxylic acid groups (broad SMARTS) is 1.